The summed E-state index contributed by atoms with van der Waals surface area (Å²) in [6.07, 6.45) is 7.18. The Balaban J connectivity index is 1.78. The highest BCUT2D eigenvalue weighted by Gasteiger charge is 2.44. The van der Waals surface area contributed by atoms with Crippen molar-refractivity contribution in [1.82, 2.24) is 15.1 Å². The maximum Gasteiger partial charge on any atom is 0.315 e. The Morgan fingerprint density at radius 3 is 2.69 bits per heavy atom. The van der Waals surface area contributed by atoms with Crippen molar-refractivity contribution in [1.29, 1.82) is 5.26 Å². The average Bonchev–Trinajstić information content (AvgIpc) is 3.16. The van der Waals surface area contributed by atoms with Gasteiger partial charge in [0.05, 0.1) is 31.2 Å². The molecule has 0 aromatic heterocycles. The van der Waals surface area contributed by atoms with Gasteiger partial charge in [0.1, 0.15) is 5.54 Å². The van der Waals surface area contributed by atoms with E-state index in [0.29, 0.717) is 45.1 Å². The molecule has 0 aromatic rings. The smallest absolute Gasteiger partial charge is 0.315 e. The van der Waals surface area contributed by atoms with E-state index in [9.17, 15) is 14.9 Å². The van der Waals surface area contributed by atoms with Crippen LogP contribution in [0.3, 0.4) is 0 Å². The Kier molecular flexibility index (Phi) is 7.36. The van der Waals surface area contributed by atoms with E-state index < -0.39 is 17.5 Å². The molecule has 2 saturated heterocycles. The quantitative estimate of drug-likeness (QED) is 0.695. The van der Waals surface area contributed by atoms with Gasteiger partial charge in [0.15, 0.2) is 0 Å². The maximum absolute atomic E-state index is 13.5. The normalized spacial score (nSPS) is 29.9. The molecular weight excluding hydrogens is 370 g/mol. The number of nitrogens with one attached hydrogen (secondary N) is 1. The number of hydrogen-bond acceptors (Lipinski definition) is 5. The van der Waals surface area contributed by atoms with Crippen molar-refractivity contribution in [2.24, 2.45) is 17.6 Å². The number of nitriles is 1. The fraction of sp³-hybridized carbons (Fsp3) is 0.857. The van der Waals surface area contributed by atoms with E-state index >= 15 is 0 Å². The second kappa shape index (κ2) is 9.77. The van der Waals surface area contributed by atoms with Crippen LogP contribution in [0.4, 0.5) is 4.79 Å². The molecule has 162 valence electrons. The highest BCUT2D eigenvalue weighted by molar-refractivity contribution is 5.82. The largest absolute Gasteiger partial charge is 0.377 e. The summed E-state index contributed by atoms with van der Waals surface area (Å²) in [6.45, 7) is 5.42. The van der Waals surface area contributed by atoms with Crippen molar-refractivity contribution < 1.29 is 14.3 Å². The third-order valence-corrected chi connectivity index (χ3v) is 6.93. The molecule has 3 N–H and O–H groups in total. The molecule has 2 aliphatic heterocycles. The number of hydrogen-bond donors (Lipinski definition) is 2. The summed E-state index contributed by atoms with van der Waals surface area (Å²) in [6, 6.07) is 1.48. The number of carbonyl (C=O) groups excluding carboxylic acids is 2. The summed E-state index contributed by atoms with van der Waals surface area (Å²) in [7, 11) is 0. The van der Waals surface area contributed by atoms with Crippen LogP contribution in [0.2, 0.25) is 0 Å². The molecule has 8 nitrogen and oxygen atoms in total. The van der Waals surface area contributed by atoms with Crippen LogP contribution in [0.15, 0.2) is 0 Å². The summed E-state index contributed by atoms with van der Waals surface area (Å²) >= 11 is 0. The minimum absolute atomic E-state index is 0.142. The molecule has 3 rings (SSSR count). The number of likely N-dealkylation sites (tertiary alicyclic amines) is 1. The lowest BCUT2D eigenvalue weighted by Gasteiger charge is -2.40. The van der Waals surface area contributed by atoms with E-state index in [1.807, 2.05) is 0 Å². The molecule has 29 heavy (non-hydrogen) atoms. The maximum atomic E-state index is 13.5. The molecule has 1 saturated carbocycles. The molecule has 3 atom stereocenters. The first-order valence-electron chi connectivity index (χ1n) is 11.1. The van der Waals surface area contributed by atoms with E-state index in [0.717, 1.165) is 25.9 Å². The fourth-order valence-electron chi connectivity index (χ4n) is 5.16. The molecule has 3 amide bonds. The number of nitrogens with two attached hydrogens (primary N) is 1. The minimum Gasteiger partial charge on any atom is -0.377 e. The summed E-state index contributed by atoms with van der Waals surface area (Å²) in [5.74, 6) is -0.0893. The Bertz CT molecular complexity index is 630. The number of carbonyl (C=O) groups is 2. The predicted molar refractivity (Wildman–Crippen MR) is 109 cm³/mol. The third-order valence-electron chi connectivity index (χ3n) is 6.93. The number of rotatable bonds is 6. The summed E-state index contributed by atoms with van der Waals surface area (Å²) < 4.78 is 5.64. The average molecular weight is 406 g/mol. The SMILES string of the molecule is CCN1CCC(C#N)(NC(=O)C(CC2CCCCC2)C2COCCN2C(N)=O)C1. The monoisotopic (exact) mass is 405 g/mol. The lowest BCUT2D eigenvalue weighted by molar-refractivity contribution is -0.131. The van der Waals surface area contributed by atoms with E-state index in [-0.39, 0.29) is 11.9 Å². The highest BCUT2D eigenvalue weighted by atomic mass is 16.5. The number of likely N-dealkylation sites (N-methyl/N-ethyl adjacent to an activating group) is 1. The first kappa shape index (κ1) is 21.8. The van der Waals surface area contributed by atoms with Crippen molar-refractivity contribution >= 4 is 11.9 Å². The van der Waals surface area contributed by atoms with Gasteiger partial charge < -0.3 is 25.6 Å². The Hall–Kier alpha value is -1.85. The van der Waals surface area contributed by atoms with Crippen LogP contribution < -0.4 is 11.1 Å². The number of primary amides is 1. The first-order valence-corrected chi connectivity index (χ1v) is 11.1. The van der Waals surface area contributed by atoms with Gasteiger partial charge in [0.2, 0.25) is 5.91 Å². The van der Waals surface area contributed by atoms with Crippen molar-refractivity contribution in [3.05, 3.63) is 0 Å². The van der Waals surface area contributed by atoms with Gasteiger partial charge in [-0.25, -0.2) is 4.79 Å². The van der Waals surface area contributed by atoms with Crippen LogP contribution in [0, 0.1) is 23.2 Å². The van der Waals surface area contributed by atoms with Crippen LogP contribution in [0.25, 0.3) is 0 Å². The molecule has 3 aliphatic rings. The van der Waals surface area contributed by atoms with Crippen LogP contribution >= 0.6 is 0 Å². The lowest BCUT2D eigenvalue weighted by Crippen LogP contribution is -2.59. The van der Waals surface area contributed by atoms with Gasteiger partial charge in [-0.2, -0.15) is 5.26 Å². The molecular formula is C21H35N5O3. The second-order valence-electron chi connectivity index (χ2n) is 8.82. The minimum atomic E-state index is -0.856. The number of morpholine rings is 1. The Labute approximate surface area is 173 Å². The van der Waals surface area contributed by atoms with Crippen molar-refractivity contribution in [2.75, 3.05) is 39.4 Å². The molecule has 0 spiro atoms. The zero-order valence-electron chi connectivity index (χ0n) is 17.6. The first-order chi connectivity index (χ1) is 14.0. The summed E-state index contributed by atoms with van der Waals surface area (Å²) in [5, 5.41) is 12.9. The molecule has 1 aliphatic carbocycles. The number of ether oxygens (including phenoxy) is 1. The molecule has 0 bridgehead atoms. The predicted octanol–water partition coefficient (Wildman–Crippen LogP) is 1.46. The van der Waals surface area contributed by atoms with Gasteiger partial charge in [-0.3, -0.25) is 4.79 Å². The van der Waals surface area contributed by atoms with Crippen molar-refractivity contribution in [3.63, 3.8) is 0 Å². The number of urea groups is 1. The van der Waals surface area contributed by atoms with Crippen LogP contribution in [0.5, 0.6) is 0 Å². The lowest BCUT2D eigenvalue weighted by atomic mass is 9.79. The third kappa shape index (κ3) is 5.20. The Morgan fingerprint density at radius 1 is 1.31 bits per heavy atom. The van der Waals surface area contributed by atoms with E-state index in [1.165, 1.54) is 19.3 Å². The van der Waals surface area contributed by atoms with E-state index in [4.69, 9.17) is 10.5 Å². The van der Waals surface area contributed by atoms with Crippen molar-refractivity contribution in [3.8, 4) is 6.07 Å². The standard InChI is InChI=1S/C21H35N5O3/c1-2-25-9-8-21(14-22,15-25)24-19(27)17(12-16-6-4-3-5-7-16)18-13-29-11-10-26(18)20(23)28/h16-18H,2-13,15H2,1H3,(H2,23,28)(H,24,27). The van der Waals surface area contributed by atoms with E-state index in [1.54, 1.807) is 4.90 Å². The van der Waals surface area contributed by atoms with Gasteiger partial charge in [-0.15, -0.1) is 0 Å². The number of amides is 3. The van der Waals surface area contributed by atoms with Gasteiger partial charge in [-0.05, 0) is 25.3 Å². The molecule has 8 heteroatoms. The number of nitrogens with zero attached hydrogens (tertiary/aromatic N) is 3. The zero-order valence-corrected chi connectivity index (χ0v) is 17.6. The van der Waals surface area contributed by atoms with E-state index in [2.05, 4.69) is 23.2 Å². The molecule has 0 aromatic carbocycles. The van der Waals surface area contributed by atoms with Gasteiger partial charge >= 0.3 is 6.03 Å². The van der Waals surface area contributed by atoms with Crippen LogP contribution in [-0.4, -0.2) is 72.7 Å². The Morgan fingerprint density at radius 2 is 2.07 bits per heavy atom. The van der Waals surface area contributed by atoms with Gasteiger partial charge in [0, 0.05) is 19.6 Å². The van der Waals surface area contributed by atoms with Crippen LogP contribution in [0.1, 0.15) is 51.9 Å². The van der Waals surface area contributed by atoms with Gasteiger partial charge in [-0.1, -0.05) is 39.0 Å². The molecule has 3 fully saturated rings. The molecule has 2 heterocycles. The summed E-state index contributed by atoms with van der Waals surface area (Å²) in [5.41, 5.74) is 4.77. The van der Waals surface area contributed by atoms with Crippen LogP contribution in [-0.2, 0) is 9.53 Å². The van der Waals surface area contributed by atoms with Crippen molar-refractivity contribution in [2.45, 2.75) is 63.5 Å². The zero-order chi connectivity index (χ0) is 20.9. The topological polar surface area (TPSA) is 112 Å². The van der Waals surface area contributed by atoms with Gasteiger partial charge in [0.25, 0.3) is 0 Å². The molecule has 3 unspecified atom stereocenters. The fourth-order valence-corrected chi connectivity index (χ4v) is 5.16. The molecule has 0 radical (unpaired) electrons. The second-order valence-corrected chi connectivity index (χ2v) is 8.82. The summed E-state index contributed by atoms with van der Waals surface area (Å²) in [4.78, 5) is 29.3. The highest BCUT2D eigenvalue weighted by Crippen LogP contribution is 2.33.